The maximum Gasteiger partial charge on any atom is 0.332 e. The fraction of sp³-hybridized carbons (Fsp3) is 0.0833. The number of aromatic nitrogens is 4. The van der Waals surface area contributed by atoms with E-state index in [1.165, 1.54) is 0 Å². The van der Waals surface area contributed by atoms with E-state index in [-0.39, 0.29) is 5.69 Å². The Labute approximate surface area is 96.8 Å². The minimum Gasteiger partial charge on any atom is -0.290 e. The molecule has 0 saturated heterocycles. The van der Waals surface area contributed by atoms with Crippen LogP contribution >= 0.6 is 0 Å². The number of H-pyrrole nitrogens is 1. The lowest BCUT2D eigenvalue weighted by Crippen LogP contribution is -2.14. The Morgan fingerprint density at radius 1 is 1.24 bits per heavy atom. The summed E-state index contributed by atoms with van der Waals surface area (Å²) in [6.45, 7) is 1.91. The van der Waals surface area contributed by atoms with Gasteiger partial charge in [0.15, 0.2) is 5.65 Å². The van der Waals surface area contributed by atoms with Crippen molar-refractivity contribution in [3.05, 3.63) is 52.8 Å². The molecule has 0 fully saturated rings. The van der Waals surface area contributed by atoms with Gasteiger partial charge in [-0.05, 0) is 31.2 Å². The second-order valence-corrected chi connectivity index (χ2v) is 3.79. The van der Waals surface area contributed by atoms with E-state index < -0.39 is 0 Å². The molecule has 0 bridgehead atoms. The van der Waals surface area contributed by atoms with Crippen LogP contribution in [0.25, 0.3) is 16.9 Å². The maximum absolute atomic E-state index is 11.9. The summed E-state index contributed by atoms with van der Waals surface area (Å²) < 4.78 is 1.56. The molecule has 0 aliphatic carbocycles. The molecule has 0 unspecified atom stereocenters. The van der Waals surface area contributed by atoms with Gasteiger partial charge in [0.1, 0.15) is 0 Å². The fourth-order valence-electron chi connectivity index (χ4n) is 1.79. The number of nitrogens with zero attached hydrogens (tertiary/aromatic N) is 3. The van der Waals surface area contributed by atoms with Crippen LogP contribution in [0.1, 0.15) is 5.69 Å². The van der Waals surface area contributed by atoms with Crippen LogP contribution < -0.4 is 5.69 Å². The van der Waals surface area contributed by atoms with Crippen molar-refractivity contribution in [3.63, 3.8) is 0 Å². The molecule has 5 nitrogen and oxygen atoms in total. The van der Waals surface area contributed by atoms with Crippen LogP contribution in [0.15, 0.2) is 41.5 Å². The summed E-state index contributed by atoms with van der Waals surface area (Å²) in [7, 11) is 0. The largest absolute Gasteiger partial charge is 0.332 e. The summed E-state index contributed by atoms with van der Waals surface area (Å²) in [6.07, 6.45) is 3.33. The molecule has 17 heavy (non-hydrogen) atoms. The summed E-state index contributed by atoms with van der Waals surface area (Å²) in [4.78, 5) is 22.9. The van der Waals surface area contributed by atoms with Crippen molar-refractivity contribution in [3.8, 4) is 5.69 Å². The van der Waals surface area contributed by atoms with Crippen molar-refractivity contribution < 1.29 is 0 Å². The van der Waals surface area contributed by atoms with Crippen LogP contribution in [0, 0.1) is 6.92 Å². The van der Waals surface area contributed by atoms with Gasteiger partial charge in [-0.2, -0.15) is 0 Å². The number of pyridine rings is 2. The molecule has 3 rings (SSSR count). The van der Waals surface area contributed by atoms with E-state index in [1.54, 1.807) is 23.0 Å². The Morgan fingerprint density at radius 3 is 2.88 bits per heavy atom. The third-order valence-corrected chi connectivity index (χ3v) is 2.61. The molecule has 3 aromatic heterocycles. The van der Waals surface area contributed by atoms with Gasteiger partial charge in [-0.3, -0.25) is 14.5 Å². The first kappa shape index (κ1) is 9.77. The van der Waals surface area contributed by atoms with Gasteiger partial charge in [-0.25, -0.2) is 9.78 Å². The molecule has 0 aliphatic rings. The highest BCUT2D eigenvalue weighted by molar-refractivity contribution is 5.72. The van der Waals surface area contributed by atoms with Gasteiger partial charge in [-0.15, -0.1) is 0 Å². The number of aromatic amines is 1. The quantitative estimate of drug-likeness (QED) is 0.682. The second-order valence-electron chi connectivity index (χ2n) is 3.79. The Morgan fingerprint density at radius 2 is 2.12 bits per heavy atom. The highest BCUT2D eigenvalue weighted by Gasteiger charge is 2.08. The molecule has 0 aromatic carbocycles. The van der Waals surface area contributed by atoms with E-state index in [9.17, 15) is 4.79 Å². The third-order valence-electron chi connectivity index (χ3n) is 2.61. The van der Waals surface area contributed by atoms with E-state index in [1.807, 2.05) is 25.1 Å². The molecule has 0 aliphatic heterocycles. The summed E-state index contributed by atoms with van der Waals surface area (Å²) in [5.41, 5.74) is 2.78. The first-order valence-corrected chi connectivity index (χ1v) is 5.24. The zero-order valence-electron chi connectivity index (χ0n) is 9.21. The van der Waals surface area contributed by atoms with Gasteiger partial charge in [-0.1, -0.05) is 0 Å². The number of rotatable bonds is 1. The maximum atomic E-state index is 11.9. The molecule has 3 heterocycles. The summed E-state index contributed by atoms with van der Waals surface area (Å²) in [6, 6.07) is 7.38. The molecule has 0 atom stereocenters. The minimum absolute atomic E-state index is 0.204. The zero-order chi connectivity index (χ0) is 11.8. The van der Waals surface area contributed by atoms with Crippen LogP contribution in [0.3, 0.4) is 0 Å². The van der Waals surface area contributed by atoms with Crippen molar-refractivity contribution in [2.45, 2.75) is 6.92 Å². The van der Waals surface area contributed by atoms with Crippen LogP contribution in [-0.4, -0.2) is 19.5 Å². The topological polar surface area (TPSA) is 63.6 Å². The predicted octanol–water partition coefficient (Wildman–Crippen LogP) is 1.42. The molecule has 0 amide bonds. The van der Waals surface area contributed by atoms with Gasteiger partial charge < -0.3 is 0 Å². The van der Waals surface area contributed by atoms with Crippen molar-refractivity contribution >= 4 is 11.2 Å². The summed E-state index contributed by atoms with van der Waals surface area (Å²) >= 11 is 0. The SMILES string of the molecule is Cc1ccc(-n2c(=O)[nH]c3ncccc32)cn1. The number of hydrogen-bond acceptors (Lipinski definition) is 3. The first-order chi connectivity index (χ1) is 8.25. The fourth-order valence-corrected chi connectivity index (χ4v) is 1.79. The van der Waals surface area contributed by atoms with Gasteiger partial charge in [0.25, 0.3) is 0 Å². The number of hydrogen-bond donors (Lipinski definition) is 1. The van der Waals surface area contributed by atoms with E-state index in [4.69, 9.17) is 0 Å². The van der Waals surface area contributed by atoms with Gasteiger partial charge in [0, 0.05) is 11.9 Å². The van der Waals surface area contributed by atoms with Gasteiger partial charge in [0.05, 0.1) is 17.4 Å². The number of fused-ring (bicyclic) bond motifs is 1. The number of aryl methyl sites for hydroxylation is 1. The number of nitrogens with one attached hydrogen (secondary N) is 1. The van der Waals surface area contributed by atoms with Crippen molar-refractivity contribution in [1.29, 1.82) is 0 Å². The van der Waals surface area contributed by atoms with Crippen LogP contribution in [0.4, 0.5) is 0 Å². The molecule has 0 saturated carbocycles. The molecule has 1 N–H and O–H groups in total. The molecular weight excluding hydrogens is 216 g/mol. The predicted molar refractivity (Wildman–Crippen MR) is 64.2 cm³/mol. The Balaban J connectivity index is 2.33. The van der Waals surface area contributed by atoms with E-state index >= 15 is 0 Å². The highest BCUT2D eigenvalue weighted by atomic mass is 16.1. The highest BCUT2D eigenvalue weighted by Crippen LogP contribution is 2.12. The normalized spacial score (nSPS) is 10.9. The van der Waals surface area contributed by atoms with E-state index in [2.05, 4.69) is 15.0 Å². The molecule has 0 spiro atoms. The minimum atomic E-state index is -0.204. The Hall–Kier alpha value is -2.43. The van der Waals surface area contributed by atoms with E-state index in [0.717, 1.165) is 16.9 Å². The average Bonchev–Trinajstić information content (AvgIpc) is 2.66. The standard InChI is InChI=1S/C12H10N4O/c1-8-4-5-9(7-14-8)16-10-3-2-6-13-11(10)15-12(16)17/h2-7H,1H3,(H,13,15,17). The number of imidazole rings is 1. The third kappa shape index (κ3) is 1.52. The second kappa shape index (κ2) is 3.55. The lowest BCUT2D eigenvalue weighted by molar-refractivity contribution is 0.996. The van der Waals surface area contributed by atoms with Crippen LogP contribution in [-0.2, 0) is 0 Å². The molecule has 5 heteroatoms. The zero-order valence-corrected chi connectivity index (χ0v) is 9.21. The smallest absolute Gasteiger partial charge is 0.290 e. The first-order valence-electron chi connectivity index (χ1n) is 5.24. The monoisotopic (exact) mass is 226 g/mol. The lowest BCUT2D eigenvalue weighted by Gasteiger charge is -2.02. The van der Waals surface area contributed by atoms with Gasteiger partial charge >= 0.3 is 5.69 Å². The summed E-state index contributed by atoms with van der Waals surface area (Å²) in [5.74, 6) is 0. The van der Waals surface area contributed by atoms with E-state index in [0.29, 0.717) is 5.65 Å². The molecular formula is C12H10N4O. The molecule has 84 valence electrons. The molecule has 0 radical (unpaired) electrons. The lowest BCUT2D eigenvalue weighted by atomic mass is 10.3. The van der Waals surface area contributed by atoms with Crippen molar-refractivity contribution in [2.75, 3.05) is 0 Å². The Kier molecular flexibility index (Phi) is 2.04. The van der Waals surface area contributed by atoms with Gasteiger partial charge in [0.2, 0.25) is 0 Å². The van der Waals surface area contributed by atoms with Crippen LogP contribution in [0.5, 0.6) is 0 Å². The summed E-state index contributed by atoms with van der Waals surface area (Å²) in [5, 5.41) is 0. The van der Waals surface area contributed by atoms with Crippen molar-refractivity contribution in [2.24, 2.45) is 0 Å². The van der Waals surface area contributed by atoms with Crippen LogP contribution in [0.2, 0.25) is 0 Å². The van der Waals surface area contributed by atoms with Crippen molar-refractivity contribution in [1.82, 2.24) is 19.5 Å². The Bertz CT molecular complexity index is 724. The molecule has 3 aromatic rings. The average molecular weight is 226 g/mol.